The van der Waals surface area contributed by atoms with Gasteiger partial charge in [-0.25, -0.2) is 9.50 Å². The standard InChI is InChI=1S/C17H18N4O2/c22-13-3-5-14(6-4-13)23-17-8-7-16-19-11-15(21(16)20-17)12-2-1-9-18-10-12/h1-2,7-11,13-14,22H,3-6H2. The molecule has 3 heterocycles. The van der Waals surface area contributed by atoms with Crippen molar-refractivity contribution in [3.8, 4) is 17.1 Å². The summed E-state index contributed by atoms with van der Waals surface area (Å²) < 4.78 is 7.77. The molecule has 0 unspecified atom stereocenters. The molecule has 0 bridgehead atoms. The van der Waals surface area contributed by atoms with Crippen LogP contribution in [0.25, 0.3) is 16.9 Å². The van der Waals surface area contributed by atoms with Crippen LogP contribution in [0.15, 0.2) is 42.9 Å². The van der Waals surface area contributed by atoms with Crippen LogP contribution in [0.2, 0.25) is 0 Å². The zero-order valence-electron chi connectivity index (χ0n) is 12.7. The summed E-state index contributed by atoms with van der Waals surface area (Å²) in [5.74, 6) is 0.585. The Labute approximate surface area is 133 Å². The number of rotatable bonds is 3. The molecule has 0 spiro atoms. The summed E-state index contributed by atoms with van der Waals surface area (Å²) in [4.78, 5) is 8.52. The first kappa shape index (κ1) is 14.1. The van der Waals surface area contributed by atoms with Crippen molar-refractivity contribution in [2.24, 2.45) is 0 Å². The summed E-state index contributed by atoms with van der Waals surface area (Å²) >= 11 is 0. The monoisotopic (exact) mass is 310 g/mol. The molecule has 118 valence electrons. The normalized spacial score (nSPS) is 21.4. The van der Waals surface area contributed by atoms with Gasteiger partial charge in [-0.2, -0.15) is 0 Å². The average molecular weight is 310 g/mol. The fourth-order valence-corrected chi connectivity index (χ4v) is 2.96. The number of fused-ring (bicyclic) bond motifs is 1. The second kappa shape index (κ2) is 5.96. The first-order valence-electron chi connectivity index (χ1n) is 7.89. The maximum absolute atomic E-state index is 9.58. The van der Waals surface area contributed by atoms with Crippen LogP contribution < -0.4 is 4.74 Å². The van der Waals surface area contributed by atoms with E-state index in [2.05, 4.69) is 15.1 Å². The third-order valence-electron chi connectivity index (χ3n) is 4.23. The summed E-state index contributed by atoms with van der Waals surface area (Å²) in [5, 5.41) is 14.1. The van der Waals surface area contributed by atoms with Gasteiger partial charge >= 0.3 is 0 Å². The first-order valence-corrected chi connectivity index (χ1v) is 7.89. The van der Waals surface area contributed by atoms with Crippen LogP contribution in [0.3, 0.4) is 0 Å². The Kier molecular flexibility index (Phi) is 3.67. The Hall–Kier alpha value is -2.47. The molecule has 6 nitrogen and oxygen atoms in total. The lowest BCUT2D eigenvalue weighted by Crippen LogP contribution is -2.26. The van der Waals surface area contributed by atoms with E-state index in [1.54, 1.807) is 23.1 Å². The highest BCUT2D eigenvalue weighted by Gasteiger charge is 2.21. The Morgan fingerprint density at radius 1 is 1.09 bits per heavy atom. The number of hydrogen-bond donors (Lipinski definition) is 1. The van der Waals surface area contributed by atoms with Crippen molar-refractivity contribution in [2.75, 3.05) is 0 Å². The number of aromatic nitrogens is 4. The fraction of sp³-hybridized carbons (Fsp3) is 0.353. The van der Waals surface area contributed by atoms with Gasteiger partial charge in [-0.1, -0.05) is 0 Å². The molecule has 0 saturated heterocycles. The van der Waals surface area contributed by atoms with Gasteiger partial charge in [0, 0.05) is 24.0 Å². The molecular formula is C17H18N4O2. The summed E-state index contributed by atoms with van der Waals surface area (Å²) in [6.07, 6.45) is 8.57. The summed E-state index contributed by atoms with van der Waals surface area (Å²) in [5.41, 5.74) is 2.62. The molecule has 0 aromatic carbocycles. The number of ether oxygens (including phenoxy) is 1. The second-order valence-electron chi connectivity index (χ2n) is 5.88. The van der Waals surface area contributed by atoms with Gasteiger partial charge in [0.25, 0.3) is 0 Å². The first-order chi connectivity index (χ1) is 11.3. The molecule has 0 atom stereocenters. The highest BCUT2D eigenvalue weighted by atomic mass is 16.5. The van der Waals surface area contributed by atoms with Crippen LogP contribution >= 0.6 is 0 Å². The van der Waals surface area contributed by atoms with E-state index in [4.69, 9.17) is 4.74 Å². The van der Waals surface area contributed by atoms with Crippen LogP contribution in [0.5, 0.6) is 5.88 Å². The molecule has 1 fully saturated rings. The van der Waals surface area contributed by atoms with Crippen molar-refractivity contribution in [3.63, 3.8) is 0 Å². The third kappa shape index (κ3) is 2.90. The van der Waals surface area contributed by atoms with E-state index in [9.17, 15) is 5.11 Å². The molecule has 0 radical (unpaired) electrons. The van der Waals surface area contributed by atoms with Crippen LogP contribution in [0.4, 0.5) is 0 Å². The molecule has 1 aliphatic rings. The molecule has 23 heavy (non-hydrogen) atoms. The number of aliphatic hydroxyl groups excluding tert-OH is 1. The lowest BCUT2D eigenvalue weighted by atomic mass is 9.95. The number of hydrogen-bond acceptors (Lipinski definition) is 5. The minimum absolute atomic E-state index is 0.119. The van der Waals surface area contributed by atoms with Crippen molar-refractivity contribution in [3.05, 3.63) is 42.9 Å². The molecule has 3 aromatic rings. The molecule has 1 aliphatic carbocycles. The van der Waals surface area contributed by atoms with E-state index >= 15 is 0 Å². The topological polar surface area (TPSA) is 72.5 Å². The van der Waals surface area contributed by atoms with Crippen LogP contribution in [-0.2, 0) is 0 Å². The highest BCUT2D eigenvalue weighted by molar-refractivity contribution is 5.61. The fourth-order valence-electron chi connectivity index (χ4n) is 2.96. The maximum Gasteiger partial charge on any atom is 0.232 e. The number of pyridine rings is 1. The number of aliphatic hydroxyl groups is 1. The van der Waals surface area contributed by atoms with Crippen molar-refractivity contribution in [1.82, 2.24) is 19.6 Å². The summed E-state index contributed by atoms with van der Waals surface area (Å²) in [6.45, 7) is 0. The second-order valence-corrected chi connectivity index (χ2v) is 5.88. The zero-order valence-corrected chi connectivity index (χ0v) is 12.7. The van der Waals surface area contributed by atoms with Crippen LogP contribution in [0, 0.1) is 0 Å². The number of nitrogens with zero attached hydrogens (tertiary/aromatic N) is 4. The van der Waals surface area contributed by atoms with Gasteiger partial charge in [0.2, 0.25) is 5.88 Å². The largest absolute Gasteiger partial charge is 0.473 e. The quantitative estimate of drug-likeness (QED) is 0.804. The molecule has 1 N–H and O–H groups in total. The summed E-state index contributed by atoms with van der Waals surface area (Å²) in [6, 6.07) is 7.62. The minimum Gasteiger partial charge on any atom is -0.473 e. The Bertz CT molecular complexity index is 795. The van der Waals surface area contributed by atoms with Crippen molar-refractivity contribution >= 4 is 5.65 Å². The molecular weight excluding hydrogens is 292 g/mol. The predicted octanol–water partition coefficient (Wildman–Crippen LogP) is 2.47. The SMILES string of the molecule is OC1CCC(Oc2ccc3ncc(-c4cccnc4)n3n2)CC1. The van der Waals surface area contributed by atoms with E-state index in [0.29, 0.717) is 5.88 Å². The molecule has 4 rings (SSSR count). The maximum atomic E-state index is 9.58. The molecule has 1 saturated carbocycles. The lowest BCUT2D eigenvalue weighted by Gasteiger charge is -2.25. The third-order valence-corrected chi connectivity index (χ3v) is 4.23. The minimum atomic E-state index is -0.184. The molecule has 6 heteroatoms. The van der Waals surface area contributed by atoms with Gasteiger partial charge < -0.3 is 9.84 Å². The van der Waals surface area contributed by atoms with Crippen molar-refractivity contribution in [1.29, 1.82) is 0 Å². The summed E-state index contributed by atoms with van der Waals surface area (Å²) in [7, 11) is 0. The van der Waals surface area contributed by atoms with E-state index in [1.807, 2.05) is 24.3 Å². The number of imidazole rings is 1. The van der Waals surface area contributed by atoms with Gasteiger partial charge in [0.1, 0.15) is 6.10 Å². The van der Waals surface area contributed by atoms with Crippen molar-refractivity contribution in [2.45, 2.75) is 37.9 Å². The van der Waals surface area contributed by atoms with Gasteiger partial charge in [0.15, 0.2) is 5.65 Å². The van der Waals surface area contributed by atoms with E-state index in [-0.39, 0.29) is 12.2 Å². The Morgan fingerprint density at radius 3 is 2.74 bits per heavy atom. The van der Waals surface area contributed by atoms with E-state index < -0.39 is 0 Å². The van der Waals surface area contributed by atoms with Gasteiger partial charge in [-0.15, -0.1) is 5.10 Å². The molecule has 0 amide bonds. The van der Waals surface area contributed by atoms with E-state index in [0.717, 1.165) is 42.6 Å². The zero-order chi connectivity index (χ0) is 15.6. The van der Waals surface area contributed by atoms with Crippen LogP contribution in [-0.4, -0.2) is 36.9 Å². The Balaban J connectivity index is 1.62. The average Bonchev–Trinajstić information content (AvgIpc) is 3.01. The Morgan fingerprint density at radius 2 is 1.96 bits per heavy atom. The van der Waals surface area contributed by atoms with E-state index in [1.165, 1.54) is 0 Å². The van der Waals surface area contributed by atoms with Gasteiger partial charge in [0.05, 0.1) is 18.0 Å². The van der Waals surface area contributed by atoms with Gasteiger partial charge in [-0.3, -0.25) is 4.98 Å². The highest BCUT2D eigenvalue weighted by Crippen LogP contribution is 2.24. The van der Waals surface area contributed by atoms with Gasteiger partial charge in [-0.05, 0) is 43.9 Å². The van der Waals surface area contributed by atoms with Crippen molar-refractivity contribution < 1.29 is 9.84 Å². The molecule has 3 aromatic heterocycles. The lowest BCUT2D eigenvalue weighted by molar-refractivity contribution is 0.0637. The molecule has 0 aliphatic heterocycles. The predicted molar refractivity (Wildman–Crippen MR) is 85.1 cm³/mol. The smallest absolute Gasteiger partial charge is 0.232 e. The van der Waals surface area contributed by atoms with Crippen LogP contribution in [0.1, 0.15) is 25.7 Å².